The summed E-state index contributed by atoms with van der Waals surface area (Å²) in [5.41, 5.74) is 2.87. The Morgan fingerprint density at radius 3 is 2.78 bits per heavy atom. The molecule has 2 aliphatic rings. The van der Waals surface area contributed by atoms with Crippen LogP contribution in [0.25, 0.3) is 0 Å². The van der Waals surface area contributed by atoms with Crippen LogP contribution in [0.3, 0.4) is 0 Å². The van der Waals surface area contributed by atoms with E-state index in [4.69, 9.17) is 10.6 Å². The largest absolute Gasteiger partial charge is 0.371 e. The molecule has 0 aliphatic carbocycles. The highest BCUT2D eigenvalue weighted by Crippen LogP contribution is 2.26. The van der Waals surface area contributed by atoms with Crippen molar-refractivity contribution in [3.05, 3.63) is 23.9 Å². The lowest BCUT2D eigenvalue weighted by molar-refractivity contribution is -0.0305. The zero-order chi connectivity index (χ0) is 12.5. The molecule has 6 heteroatoms. The lowest BCUT2D eigenvalue weighted by Crippen LogP contribution is -2.46. The molecule has 0 aromatic carbocycles. The van der Waals surface area contributed by atoms with Gasteiger partial charge in [-0.2, -0.15) is 0 Å². The summed E-state index contributed by atoms with van der Waals surface area (Å²) in [5, 5.41) is 0. The topological polar surface area (TPSA) is 80.5 Å². The van der Waals surface area contributed by atoms with Crippen LogP contribution in [0, 0.1) is 0 Å². The molecule has 0 saturated carbocycles. The molecular formula is C12H16N4O2. The third-order valence-corrected chi connectivity index (χ3v) is 3.45. The quantitative estimate of drug-likeness (QED) is 0.584. The molecular weight excluding hydrogens is 232 g/mol. The van der Waals surface area contributed by atoms with E-state index in [9.17, 15) is 4.79 Å². The van der Waals surface area contributed by atoms with Gasteiger partial charge in [-0.3, -0.25) is 4.79 Å². The predicted octanol–water partition coefficient (Wildman–Crippen LogP) is 0.371. The Morgan fingerprint density at radius 1 is 1.39 bits per heavy atom. The maximum absolute atomic E-state index is 12.3. The number of nitrogen functional groups attached to an aromatic ring is 1. The fourth-order valence-corrected chi connectivity index (χ4v) is 2.58. The number of carbonyl (C=O) groups excluding carboxylic acids is 1. The number of fused-ring (bicyclic) bond motifs is 2. The van der Waals surface area contributed by atoms with Gasteiger partial charge in [0.2, 0.25) is 0 Å². The summed E-state index contributed by atoms with van der Waals surface area (Å²) in [4.78, 5) is 18.3. The maximum Gasteiger partial charge on any atom is 0.272 e. The molecule has 0 spiro atoms. The van der Waals surface area contributed by atoms with Crippen molar-refractivity contribution in [3.63, 3.8) is 0 Å². The Labute approximate surface area is 105 Å². The molecule has 3 rings (SSSR count). The summed E-state index contributed by atoms with van der Waals surface area (Å²) in [6, 6.07) is 5.20. The van der Waals surface area contributed by atoms with E-state index in [2.05, 4.69) is 10.4 Å². The standard InChI is InChI=1S/C12H16N4O2/c13-15-11-3-1-2-10(14-11)12(17)16-6-8-4-5-9(7-16)18-8/h1-3,8-9H,4-7,13H2,(H,14,15). The average molecular weight is 248 g/mol. The van der Waals surface area contributed by atoms with Crippen LogP contribution in [0.1, 0.15) is 23.3 Å². The molecule has 1 amide bonds. The first-order valence-electron chi connectivity index (χ1n) is 6.14. The monoisotopic (exact) mass is 248 g/mol. The number of amides is 1. The number of pyridine rings is 1. The van der Waals surface area contributed by atoms with Crippen LogP contribution in [-0.2, 0) is 4.74 Å². The zero-order valence-electron chi connectivity index (χ0n) is 10.0. The summed E-state index contributed by atoms with van der Waals surface area (Å²) in [6.07, 6.45) is 2.49. The first kappa shape index (κ1) is 11.4. The van der Waals surface area contributed by atoms with Gasteiger partial charge in [0, 0.05) is 13.1 Å². The third-order valence-electron chi connectivity index (χ3n) is 3.45. The van der Waals surface area contributed by atoms with Crippen molar-refractivity contribution in [2.24, 2.45) is 5.84 Å². The molecule has 3 heterocycles. The van der Waals surface area contributed by atoms with Crippen molar-refractivity contribution in [3.8, 4) is 0 Å². The van der Waals surface area contributed by atoms with Gasteiger partial charge >= 0.3 is 0 Å². The SMILES string of the molecule is NNc1cccc(C(=O)N2CC3CCC(C2)O3)n1. The minimum atomic E-state index is -0.0488. The van der Waals surface area contributed by atoms with Gasteiger partial charge in [0.25, 0.3) is 5.91 Å². The molecule has 1 aromatic heterocycles. The Balaban J connectivity index is 1.77. The second kappa shape index (κ2) is 4.55. The third kappa shape index (κ3) is 2.04. The highest BCUT2D eigenvalue weighted by molar-refractivity contribution is 5.92. The van der Waals surface area contributed by atoms with Gasteiger partial charge < -0.3 is 15.1 Å². The number of aromatic nitrogens is 1. The van der Waals surface area contributed by atoms with E-state index >= 15 is 0 Å². The molecule has 6 nitrogen and oxygen atoms in total. The van der Waals surface area contributed by atoms with Gasteiger partial charge in [0.05, 0.1) is 12.2 Å². The lowest BCUT2D eigenvalue weighted by Gasteiger charge is -2.31. The van der Waals surface area contributed by atoms with E-state index in [0.717, 1.165) is 12.8 Å². The van der Waals surface area contributed by atoms with Gasteiger partial charge in [0.15, 0.2) is 0 Å². The van der Waals surface area contributed by atoms with Gasteiger partial charge in [0.1, 0.15) is 11.5 Å². The Hall–Kier alpha value is -1.66. The normalized spacial score (nSPS) is 26.2. The van der Waals surface area contributed by atoms with Crippen LogP contribution in [0.2, 0.25) is 0 Å². The van der Waals surface area contributed by atoms with Crippen molar-refractivity contribution in [2.75, 3.05) is 18.5 Å². The zero-order valence-corrected chi connectivity index (χ0v) is 10.0. The van der Waals surface area contributed by atoms with E-state index in [1.165, 1.54) is 0 Å². The van der Waals surface area contributed by atoms with Crippen molar-refractivity contribution < 1.29 is 9.53 Å². The number of hydrogen-bond donors (Lipinski definition) is 2. The first-order valence-corrected chi connectivity index (χ1v) is 6.14. The highest BCUT2D eigenvalue weighted by atomic mass is 16.5. The van der Waals surface area contributed by atoms with Gasteiger partial charge in [-0.05, 0) is 25.0 Å². The molecule has 3 N–H and O–H groups in total. The second-order valence-electron chi connectivity index (χ2n) is 4.72. The number of anilines is 1. The predicted molar refractivity (Wildman–Crippen MR) is 65.8 cm³/mol. The smallest absolute Gasteiger partial charge is 0.272 e. The van der Waals surface area contributed by atoms with E-state index in [1.807, 2.05) is 4.90 Å². The second-order valence-corrected chi connectivity index (χ2v) is 4.72. The number of nitrogens with two attached hydrogens (primary N) is 1. The number of nitrogens with one attached hydrogen (secondary N) is 1. The minimum Gasteiger partial charge on any atom is -0.371 e. The molecule has 2 bridgehead atoms. The van der Waals surface area contributed by atoms with Gasteiger partial charge in [-0.25, -0.2) is 10.8 Å². The Morgan fingerprint density at radius 2 is 2.11 bits per heavy atom. The Bertz CT molecular complexity index is 453. The number of likely N-dealkylation sites (tertiary alicyclic amines) is 1. The van der Waals surface area contributed by atoms with Crippen LogP contribution < -0.4 is 11.3 Å². The van der Waals surface area contributed by atoms with Gasteiger partial charge in [-0.1, -0.05) is 6.07 Å². The molecule has 2 saturated heterocycles. The van der Waals surface area contributed by atoms with Crippen LogP contribution in [-0.4, -0.2) is 41.1 Å². The number of hydrazine groups is 1. The first-order chi connectivity index (χ1) is 8.76. The van der Waals surface area contributed by atoms with Crippen molar-refractivity contribution in [2.45, 2.75) is 25.0 Å². The maximum atomic E-state index is 12.3. The molecule has 2 aliphatic heterocycles. The molecule has 18 heavy (non-hydrogen) atoms. The molecule has 96 valence electrons. The van der Waals surface area contributed by atoms with Crippen LogP contribution in [0.15, 0.2) is 18.2 Å². The van der Waals surface area contributed by atoms with E-state index in [-0.39, 0.29) is 18.1 Å². The molecule has 2 fully saturated rings. The summed E-state index contributed by atoms with van der Waals surface area (Å²) in [5.74, 6) is 5.74. The van der Waals surface area contributed by atoms with Crippen molar-refractivity contribution >= 4 is 11.7 Å². The number of rotatable bonds is 2. The highest BCUT2D eigenvalue weighted by Gasteiger charge is 2.36. The number of carbonyl (C=O) groups is 1. The minimum absolute atomic E-state index is 0.0488. The van der Waals surface area contributed by atoms with Crippen LogP contribution >= 0.6 is 0 Å². The number of ether oxygens (including phenoxy) is 1. The van der Waals surface area contributed by atoms with Gasteiger partial charge in [-0.15, -0.1) is 0 Å². The Kier molecular flexibility index (Phi) is 2.89. The fraction of sp³-hybridized carbons (Fsp3) is 0.500. The summed E-state index contributed by atoms with van der Waals surface area (Å²) >= 11 is 0. The molecule has 0 radical (unpaired) electrons. The average Bonchev–Trinajstić information content (AvgIpc) is 2.76. The van der Waals surface area contributed by atoms with Crippen molar-refractivity contribution in [1.29, 1.82) is 0 Å². The summed E-state index contributed by atoms with van der Waals surface area (Å²) < 4.78 is 5.71. The number of nitrogens with zero attached hydrogens (tertiary/aromatic N) is 2. The molecule has 1 aromatic rings. The number of morpholine rings is 1. The molecule has 2 unspecified atom stereocenters. The van der Waals surface area contributed by atoms with Crippen LogP contribution in [0.4, 0.5) is 5.82 Å². The number of hydrogen-bond acceptors (Lipinski definition) is 5. The van der Waals surface area contributed by atoms with E-state index in [1.54, 1.807) is 18.2 Å². The van der Waals surface area contributed by atoms with E-state index < -0.39 is 0 Å². The van der Waals surface area contributed by atoms with Crippen molar-refractivity contribution in [1.82, 2.24) is 9.88 Å². The summed E-state index contributed by atoms with van der Waals surface area (Å²) in [6.45, 7) is 1.33. The lowest BCUT2D eigenvalue weighted by atomic mass is 10.2. The summed E-state index contributed by atoms with van der Waals surface area (Å²) in [7, 11) is 0. The van der Waals surface area contributed by atoms with Crippen LogP contribution in [0.5, 0.6) is 0 Å². The van der Waals surface area contributed by atoms with E-state index in [0.29, 0.717) is 24.6 Å². The fourth-order valence-electron chi connectivity index (χ4n) is 2.58. The molecule has 2 atom stereocenters.